The van der Waals surface area contributed by atoms with Gasteiger partial charge < -0.3 is 50.8 Å². The number of aliphatic imine (C=N–C) groups is 1. The van der Waals surface area contributed by atoms with Gasteiger partial charge in [0, 0.05) is 87.2 Å². The van der Waals surface area contributed by atoms with Crippen molar-refractivity contribution < 1.29 is 47.6 Å². The molecule has 5 aromatic rings. The molecule has 4 amide bonds. The minimum absolute atomic E-state index is 0.0143. The quantitative estimate of drug-likeness (QED) is 0.0428. The number of aliphatic hydroxyl groups excluding tert-OH is 1. The summed E-state index contributed by atoms with van der Waals surface area (Å²) >= 11 is 0. The van der Waals surface area contributed by atoms with E-state index in [-0.39, 0.29) is 109 Å². The van der Waals surface area contributed by atoms with Gasteiger partial charge in [0.25, 0.3) is 0 Å². The number of halogens is 2. The maximum Gasteiger partial charge on any atom is 0.407 e. The van der Waals surface area contributed by atoms with Gasteiger partial charge in [0.05, 0.1) is 23.1 Å². The Hall–Kier alpha value is -7.36. The lowest BCUT2D eigenvalue weighted by molar-refractivity contribution is -0.144. The number of aromatic nitrogens is 3. The van der Waals surface area contributed by atoms with E-state index in [0.29, 0.717) is 59.9 Å². The number of piperazine rings is 1. The molecule has 85 heavy (non-hydrogen) atoms. The van der Waals surface area contributed by atoms with E-state index in [4.69, 9.17) is 19.4 Å². The smallest absolute Gasteiger partial charge is 0.407 e. The summed E-state index contributed by atoms with van der Waals surface area (Å²) in [5, 5.41) is 35.4. The van der Waals surface area contributed by atoms with Gasteiger partial charge in [0.1, 0.15) is 53.9 Å². The zero-order valence-electron chi connectivity index (χ0n) is 49.5. The number of amides is 4. The summed E-state index contributed by atoms with van der Waals surface area (Å²) in [6, 6.07) is 12.1. The molecule has 452 valence electrons. The first-order chi connectivity index (χ1) is 40.8. The van der Waals surface area contributed by atoms with Gasteiger partial charge in [0.15, 0.2) is 5.82 Å². The number of allylic oxidation sites excluding steroid dienone is 2. The number of aryl methyl sites for hydroxylation is 1. The maximum absolute atomic E-state index is 17.3. The molecule has 0 saturated carbocycles. The average Bonchev–Trinajstić information content (AvgIpc) is 4.23. The predicted molar refractivity (Wildman–Crippen MR) is 320 cm³/mol. The molecule has 2 bridgehead atoms. The second-order valence-electron chi connectivity index (χ2n) is 25.2. The number of alkyl carbamates (subject to hydrolysis) is 1. The molecule has 21 heteroatoms. The largest absolute Gasteiger partial charge is 0.508 e. The monoisotopic (exact) mass is 1170 g/mol. The highest BCUT2D eigenvalue weighted by Crippen LogP contribution is 2.44. The van der Waals surface area contributed by atoms with Crippen LogP contribution >= 0.6 is 0 Å². The number of carbonyl (C=O) groups excluding carboxylic acids is 4. The topological polar surface area (TPSA) is 236 Å². The van der Waals surface area contributed by atoms with Crippen LogP contribution in [0.5, 0.6) is 11.8 Å². The van der Waals surface area contributed by atoms with Gasteiger partial charge in [-0.1, -0.05) is 58.0 Å². The first kappa shape index (κ1) is 59.4. The number of likely N-dealkylation sites (tertiary alicyclic amines) is 1. The normalized spacial score (nSPS) is 23.7. The van der Waals surface area contributed by atoms with Crippen LogP contribution in [0.4, 0.5) is 19.4 Å². The Balaban J connectivity index is 0.671. The van der Waals surface area contributed by atoms with Gasteiger partial charge in [-0.2, -0.15) is 9.97 Å². The number of unbranched alkanes of at least 4 members (excludes halogenated alkanes) is 1. The SMILES string of the molecule is CCc1c(F)ccc2cc(O)cc(-c3ncc4c(N5CC6CCC(C5)N6)nc(OCC56CCCN5C(COC(=O)NCCCCC(=O)N[C@H](C(=O)N5C[C@H](O)C[C@H]5C(=O)N[C@@H](C)c5ccc(C7=C(C)N=CC7)cc5)C(C)(C)C)CC6)nc4c3F)c12. The fraction of sp³-hybridized carbons (Fsp3) is 0.531. The van der Waals surface area contributed by atoms with E-state index in [2.05, 4.69) is 41.0 Å². The van der Waals surface area contributed by atoms with Crippen molar-refractivity contribution in [3.05, 3.63) is 88.7 Å². The number of fused-ring (bicyclic) bond motifs is 5. The number of carbonyl (C=O) groups is 4. The van der Waals surface area contributed by atoms with E-state index in [9.17, 15) is 29.4 Å². The number of phenols is 1. The first-order valence-corrected chi connectivity index (χ1v) is 30.3. The third-order valence-corrected chi connectivity index (χ3v) is 18.4. The molecule has 4 unspecified atom stereocenters. The Labute approximate surface area is 494 Å². The highest BCUT2D eigenvalue weighted by molar-refractivity contribution is 6.02. The minimum Gasteiger partial charge on any atom is -0.508 e. The molecule has 8 heterocycles. The fourth-order valence-corrected chi connectivity index (χ4v) is 13.9. The van der Waals surface area contributed by atoms with Crippen molar-refractivity contribution in [2.24, 2.45) is 10.4 Å². The number of aromatic hydroxyl groups is 1. The molecule has 0 radical (unpaired) electrons. The number of nitrogens with one attached hydrogen (secondary N) is 4. The molecule has 5 saturated heterocycles. The van der Waals surface area contributed by atoms with Gasteiger partial charge >= 0.3 is 12.1 Å². The van der Waals surface area contributed by atoms with E-state index in [1.54, 1.807) is 12.3 Å². The van der Waals surface area contributed by atoms with E-state index < -0.39 is 47.2 Å². The predicted octanol–water partition coefficient (Wildman–Crippen LogP) is 8.18. The number of hydrogen-bond donors (Lipinski definition) is 6. The highest BCUT2D eigenvalue weighted by atomic mass is 19.1. The van der Waals surface area contributed by atoms with Crippen LogP contribution < -0.4 is 30.9 Å². The number of β-amino-alcohol motifs (C(OH)–C–C–N with tert-alkyl or cyclic N) is 1. The molecule has 6 N–H and O–H groups in total. The lowest BCUT2D eigenvalue weighted by atomic mass is 9.85. The number of phenolic OH excluding ortho intramolecular Hbond substituents is 1. The summed E-state index contributed by atoms with van der Waals surface area (Å²) in [7, 11) is 0. The van der Waals surface area contributed by atoms with Crippen LogP contribution in [-0.2, 0) is 25.5 Å². The van der Waals surface area contributed by atoms with E-state index in [0.717, 1.165) is 73.9 Å². The number of hydrogen-bond acceptors (Lipinski definition) is 15. The van der Waals surface area contributed by atoms with Crippen LogP contribution in [0.1, 0.15) is 135 Å². The molecule has 6 aliphatic rings. The summed E-state index contributed by atoms with van der Waals surface area (Å²) in [6.45, 7) is 13.9. The molecule has 0 spiro atoms. The number of nitrogens with zero attached hydrogens (tertiary/aromatic N) is 7. The summed E-state index contributed by atoms with van der Waals surface area (Å²) < 4.78 is 44.9. The molecule has 3 aromatic carbocycles. The zero-order valence-corrected chi connectivity index (χ0v) is 49.5. The summed E-state index contributed by atoms with van der Waals surface area (Å²) in [5.74, 6) is -1.90. The van der Waals surface area contributed by atoms with Crippen molar-refractivity contribution in [1.29, 1.82) is 0 Å². The number of ether oxygens (including phenoxy) is 2. The molecule has 8 atom stereocenters. The Morgan fingerprint density at radius 2 is 1.74 bits per heavy atom. The molecule has 5 fully saturated rings. The molecule has 0 aliphatic carbocycles. The van der Waals surface area contributed by atoms with Crippen LogP contribution in [0.25, 0.3) is 38.5 Å². The molecular weight excluding hydrogens is 1090 g/mol. The van der Waals surface area contributed by atoms with Crippen molar-refractivity contribution in [2.75, 3.05) is 50.8 Å². The molecule has 2 aromatic heterocycles. The first-order valence-electron chi connectivity index (χ1n) is 30.3. The molecular formula is C64H79F2N11O8. The lowest BCUT2D eigenvalue weighted by Crippen LogP contribution is -2.57. The maximum atomic E-state index is 17.3. The zero-order chi connectivity index (χ0) is 59.9. The van der Waals surface area contributed by atoms with Gasteiger partial charge in [-0.25, -0.2) is 13.6 Å². The number of rotatable bonds is 19. The Kier molecular flexibility index (Phi) is 17.1. The van der Waals surface area contributed by atoms with Crippen LogP contribution in [0.3, 0.4) is 0 Å². The second-order valence-corrected chi connectivity index (χ2v) is 25.2. The second kappa shape index (κ2) is 24.6. The Bertz CT molecular complexity index is 3440. The molecule has 6 aliphatic heterocycles. The van der Waals surface area contributed by atoms with E-state index in [1.807, 2.05) is 72.0 Å². The van der Waals surface area contributed by atoms with Crippen molar-refractivity contribution in [2.45, 2.75) is 166 Å². The third-order valence-electron chi connectivity index (χ3n) is 18.4. The molecule has 11 rings (SSSR count). The number of benzene rings is 3. The van der Waals surface area contributed by atoms with Crippen LogP contribution in [0.15, 0.2) is 65.4 Å². The molecule has 19 nitrogen and oxygen atoms in total. The van der Waals surface area contributed by atoms with Gasteiger partial charge in [0.2, 0.25) is 17.7 Å². The van der Waals surface area contributed by atoms with Crippen molar-refractivity contribution in [1.82, 2.24) is 46.0 Å². The van der Waals surface area contributed by atoms with Gasteiger partial charge in [-0.05, 0) is 135 Å². The van der Waals surface area contributed by atoms with E-state index in [1.165, 1.54) is 23.1 Å². The van der Waals surface area contributed by atoms with Crippen LogP contribution in [0, 0.1) is 17.0 Å². The summed E-state index contributed by atoms with van der Waals surface area (Å²) in [5.41, 5.74) is 3.61. The van der Waals surface area contributed by atoms with Gasteiger partial charge in [-0.15, -0.1) is 0 Å². The third kappa shape index (κ3) is 12.4. The lowest BCUT2D eigenvalue weighted by Gasteiger charge is -2.35. The average molecular weight is 1170 g/mol. The van der Waals surface area contributed by atoms with Crippen molar-refractivity contribution in [3.63, 3.8) is 0 Å². The van der Waals surface area contributed by atoms with Crippen LogP contribution in [-0.4, -0.2) is 153 Å². The summed E-state index contributed by atoms with van der Waals surface area (Å²) in [4.78, 5) is 79.1. The highest BCUT2D eigenvalue weighted by Gasteiger charge is 2.51. The fourth-order valence-electron chi connectivity index (χ4n) is 13.9. The number of aliphatic hydroxyl groups is 1. The standard InChI is InChI=1S/C64H79F2N11O8/c1-7-46-50(65)19-16-40-27-44(78)28-48(53(40)46)55-54(66)56-49(30-69-55)58(75-31-41-17-18-42(32-75)71-41)74-61(73-56)85-35-64-22-10-26-77(64)43(20-23-64)34-84-62(83)68-24-9-8-11-52(80)72-57(63(4,5)6)60(82)76-33-45(79)29-51(76)59(81)70-36(2)38-12-14-39(15-13-38)47-21-25-67-37(47)3/h12-16,19,25,27-28,30,36,41-43,45,51,57,71,78-79H,7-11,17-18,20-24,26,29,31-35H2,1-6H3,(H,68,83)(H,70,81)(H,72,80)/t36-,41?,42?,43?,45+,51-,57+,64?/m0/s1. The van der Waals surface area contributed by atoms with Crippen molar-refractivity contribution >= 4 is 63.1 Å². The van der Waals surface area contributed by atoms with Gasteiger partial charge in [-0.3, -0.25) is 29.3 Å². The van der Waals surface area contributed by atoms with Crippen LogP contribution in [0.2, 0.25) is 0 Å². The van der Waals surface area contributed by atoms with Crippen molar-refractivity contribution in [3.8, 4) is 23.0 Å². The number of anilines is 1. The van der Waals surface area contributed by atoms with E-state index >= 15 is 8.78 Å². The minimum atomic E-state index is -0.968. The Morgan fingerprint density at radius 3 is 2.47 bits per heavy atom. The number of pyridine rings is 1. The Morgan fingerprint density at radius 1 is 0.965 bits per heavy atom. The summed E-state index contributed by atoms with van der Waals surface area (Å²) in [6.07, 6.45) is 9.50.